The Balaban J connectivity index is 2.44. The van der Waals surface area contributed by atoms with E-state index < -0.39 is 5.76 Å². The van der Waals surface area contributed by atoms with E-state index in [2.05, 4.69) is 5.32 Å². The molecule has 0 spiro atoms. The summed E-state index contributed by atoms with van der Waals surface area (Å²) in [6, 6.07) is 3.47. The first kappa shape index (κ1) is 15.5. The van der Waals surface area contributed by atoms with E-state index >= 15 is 0 Å². The van der Waals surface area contributed by atoms with E-state index in [1.54, 1.807) is 12.1 Å². The zero-order chi connectivity index (χ0) is 13.6. The summed E-state index contributed by atoms with van der Waals surface area (Å²) >= 11 is 0.543. The van der Waals surface area contributed by atoms with Crippen LogP contribution in [-0.4, -0.2) is 23.0 Å². The molecule has 1 unspecified atom stereocenters. The molecule has 1 rings (SSSR count). The van der Waals surface area contributed by atoms with E-state index in [9.17, 15) is 13.9 Å². The number of nitrogens with one attached hydrogen (secondary N) is 1. The Morgan fingerprint density at radius 2 is 2.11 bits per heavy atom. The number of thioether (sulfide) groups is 1. The van der Waals surface area contributed by atoms with Gasteiger partial charge in [-0.1, -0.05) is 18.7 Å². The fourth-order valence-corrected chi connectivity index (χ4v) is 1.78. The first-order valence-corrected chi connectivity index (χ1v) is 6.87. The third-order valence-corrected chi connectivity index (χ3v) is 3.59. The van der Waals surface area contributed by atoms with Gasteiger partial charge in [-0.2, -0.15) is 8.78 Å². The number of halogens is 2. The second-order valence-corrected chi connectivity index (χ2v) is 5.34. The SMILES string of the molecule is CCC(C)(CO)NCc1ccc(CSC(F)F)o1. The molecule has 0 saturated heterocycles. The van der Waals surface area contributed by atoms with E-state index in [1.807, 2.05) is 13.8 Å². The van der Waals surface area contributed by atoms with Gasteiger partial charge in [0.05, 0.1) is 18.9 Å². The van der Waals surface area contributed by atoms with Crippen molar-refractivity contribution in [2.24, 2.45) is 0 Å². The third kappa shape index (κ3) is 4.96. The van der Waals surface area contributed by atoms with Crippen molar-refractivity contribution in [3.63, 3.8) is 0 Å². The van der Waals surface area contributed by atoms with Crippen molar-refractivity contribution in [1.29, 1.82) is 0 Å². The number of rotatable bonds is 8. The van der Waals surface area contributed by atoms with Crippen LogP contribution in [0.1, 0.15) is 31.8 Å². The molecular formula is C12H19F2NO2S. The Labute approximate surface area is 110 Å². The van der Waals surface area contributed by atoms with Crippen LogP contribution in [-0.2, 0) is 12.3 Å². The van der Waals surface area contributed by atoms with E-state index in [0.717, 1.165) is 6.42 Å². The van der Waals surface area contributed by atoms with Crippen LogP contribution in [0.2, 0.25) is 0 Å². The molecule has 0 aromatic carbocycles. The highest BCUT2D eigenvalue weighted by atomic mass is 32.2. The molecule has 3 nitrogen and oxygen atoms in total. The van der Waals surface area contributed by atoms with Gasteiger partial charge in [0.1, 0.15) is 11.5 Å². The van der Waals surface area contributed by atoms with Gasteiger partial charge in [-0.05, 0) is 25.5 Å². The topological polar surface area (TPSA) is 45.4 Å². The second-order valence-electron chi connectivity index (χ2n) is 4.37. The molecule has 18 heavy (non-hydrogen) atoms. The van der Waals surface area contributed by atoms with Crippen LogP contribution < -0.4 is 5.32 Å². The quantitative estimate of drug-likeness (QED) is 0.768. The van der Waals surface area contributed by atoms with Crippen molar-refractivity contribution in [3.8, 4) is 0 Å². The molecule has 0 amide bonds. The van der Waals surface area contributed by atoms with Gasteiger partial charge >= 0.3 is 0 Å². The maximum absolute atomic E-state index is 12.0. The minimum absolute atomic E-state index is 0.0400. The fourth-order valence-electron chi connectivity index (χ4n) is 1.33. The van der Waals surface area contributed by atoms with Crippen molar-refractivity contribution < 1.29 is 18.3 Å². The Morgan fingerprint density at radius 3 is 2.67 bits per heavy atom. The van der Waals surface area contributed by atoms with Crippen LogP contribution in [0, 0.1) is 0 Å². The summed E-state index contributed by atoms with van der Waals surface area (Å²) in [7, 11) is 0. The van der Waals surface area contributed by atoms with Crippen molar-refractivity contribution in [3.05, 3.63) is 23.7 Å². The summed E-state index contributed by atoms with van der Waals surface area (Å²) in [5, 5.41) is 12.4. The Hall–Kier alpha value is -0.590. The number of hydrogen-bond donors (Lipinski definition) is 2. The number of hydrogen-bond acceptors (Lipinski definition) is 4. The Bertz CT molecular complexity index is 354. The van der Waals surface area contributed by atoms with E-state index in [-0.39, 0.29) is 17.9 Å². The Kier molecular flexibility index (Phi) is 6.11. The van der Waals surface area contributed by atoms with Gasteiger partial charge in [0.25, 0.3) is 5.76 Å². The minimum atomic E-state index is -2.38. The largest absolute Gasteiger partial charge is 0.464 e. The van der Waals surface area contributed by atoms with Gasteiger partial charge in [0.2, 0.25) is 0 Å². The van der Waals surface area contributed by atoms with Gasteiger partial charge in [0.15, 0.2) is 0 Å². The molecule has 0 aliphatic carbocycles. The maximum atomic E-state index is 12.0. The van der Waals surface area contributed by atoms with Crippen LogP contribution in [0.5, 0.6) is 0 Å². The second kappa shape index (κ2) is 7.11. The molecule has 1 atom stereocenters. The van der Waals surface area contributed by atoms with Gasteiger partial charge < -0.3 is 14.8 Å². The molecular weight excluding hydrogens is 260 g/mol. The average Bonchev–Trinajstić information content (AvgIpc) is 2.81. The molecule has 0 radical (unpaired) electrons. The molecule has 0 saturated carbocycles. The molecule has 6 heteroatoms. The molecule has 1 aromatic rings. The van der Waals surface area contributed by atoms with E-state index in [0.29, 0.717) is 29.8 Å². The summed E-state index contributed by atoms with van der Waals surface area (Å²) in [5.41, 5.74) is -0.343. The first-order valence-electron chi connectivity index (χ1n) is 5.82. The molecule has 0 aliphatic rings. The number of alkyl halides is 2. The average molecular weight is 279 g/mol. The zero-order valence-electron chi connectivity index (χ0n) is 10.6. The fraction of sp³-hybridized carbons (Fsp3) is 0.667. The number of aliphatic hydroxyl groups excluding tert-OH is 1. The summed E-state index contributed by atoms with van der Waals surface area (Å²) < 4.78 is 29.4. The van der Waals surface area contributed by atoms with Gasteiger partial charge in [0, 0.05) is 5.54 Å². The Morgan fingerprint density at radius 1 is 1.44 bits per heavy atom. The molecule has 0 bridgehead atoms. The highest BCUT2D eigenvalue weighted by Crippen LogP contribution is 2.21. The van der Waals surface area contributed by atoms with E-state index in [1.165, 1.54) is 0 Å². The summed E-state index contributed by atoms with van der Waals surface area (Å²) in [5.74, 6) is -0.982. The molecule has 0 aliphatic heterocycles. The summed E-state index contributed by atoms with van der Waals surface area (Å²) in [4.78, 5) is 0. The normalized spacial score (nSPS) is 15.0. The summed E-state index contributed by atoms with van der Waals surface area (Å²) in [6.45, 7) is 4.42. The maximum Gasteiger partial charge on any atom is 0.284 e. The lowest BCUT2D eigenvalue weighted by Gasteiger charge is -2.26. The monoisotopic (exact) mass is 279 g/mol. The molecule has 2 N–H and O–H groups in total. The first-order chi connectivity index (χ1) is 8.49. The van der Waals surface area contributed by atoms with Crippen molar-refractivity contribution in [2.45, 2.75) is 43.9 Å². The highest BCUT2D eigenvalue weighted by Gasteiger charge is 2.20. The number of furan rings is 1. The van der Waals surface area contributed by atoms with Crippen LogP contribution in [0.4, 0.5) is 8.78 Å². The van der Waals surface area contributed by atoms with Gasteiger partial charge in [-0.15, -0.1) is 0 Å². The van der Waals surface area contributed by atoms with Crippen molar-refractivity contribution in [2.75, 3.05) is 6.61 Å². The number of aliphatic hydroxyl groups is 1. The van der Waals surface area contributed by atoms with Crippen molar-refractivity contribution >= 4 is 11.8 Å². The highest BCUT2D eigenvalue weighted by molar-refractivity contribution is 7.98. The lowest BCUT2D eigenvalue weighted by molar-refractivity contribution is 0.166. The lowest BCUT2D eigenvalue weighted by Crippen LogP contribution is -2.44. The smallest absolute Gasteiger partial charge is 0.284 e. The summed E-state index contributed by atoms with van der Waals surface area (Å²) in [6.07, 6.45) is 0.790. The van der Waals surface area contributed by atoms with Crippen LogP contribution >= 0.6 is 11.8 Å². The molecule has 1 aromatic heterocycles. The molecule has 104 valence electrons. The predicted molar refractivity (Wildman–Crippen MR) is 68.6 cm³/mol. The van der Waals surface area contributed by atoms with Crippen LogP contribution in [0.15, 0.2) is 16.5 Å². The van der Waals surface area contributed by atoms with Crippen LogP contribution in [0.3, 0.4) is 0 Å². The van der Waals surface area contributed by atoms with E-state index in [4.69, 9.17) is 4.42 Å². The standard InChI is InChI=1S/C12H19F2NO2S/c1-3-12(2,8-16)15-6-9-4-5-10(17-9)7-18-11(13)14/h4-5,11,15-16H,3,6-8H2,1-2H3. The van der Waals surface area contributed by atoms with Crippen LogP contribution in [0.25, 0.3) is 0 Å². The van der Waals surface area contributed by atoms with Crippen molar-refractivity contribution in [1.82, 2.24) is 5.32 Å². The third-order valence-electron chi connectivity index (χ3n) is 2.89. The zero-order valence-corrected chi connectivity index (χ0v) is 11.4. The molecule has 1 heterocycles. The van der Waals surface area contributed by atoms with Gasteiger partial charge in [-0.25, -0.2) is 0 Å². The minimum Gasteiger partial charge on any atom is -0.464 e. The predicted octanol–water partition coefficient (Wildman–Crippen LogP) is 2.99. The molecule has 0 fully saturated rings. The van der Waals surface area contributed by atoms with Gasteiger partial charge in [-0.3, -0.25) is 0 Å². The lowest BCUT2D eigenvalue weighted by atomic mass is 10.0.